The van der Waals surface area contributed by atoms with E-state index in [0.717, 1.165) is 18.7 Å². The Hall–Kier alpha value is -1.27. The summed E-state index contributed by atoms with van der Waals surface area (Å²) >= 11 is 2.02. The maximum atomic E-state index is 12.9. The highest BCUT2D eigenvalue weighted by Crippen LogP contribution is 2.36. The smallest absolute Gasteiger partial charge is 0.315 e. The molecule has 6 heteroatoms. The first-order valence-corrected chi connectivity index (χ1v) is 9.92. The van der Waals surface area contributed by atoms with Gasteiger partial charge in [0.25, 0.3) is 0 Å². The van der Waals surface area contributed by atoms with Gasteiger partial charge >= 0.3 is 6.03 Å². The minimum Gasteiger partial charge on any atom is -0.336 e. The minimum atomic E-state index is -0.258. The van der Waals surface area contributed by atoms with Crippen molar-refractivity contribution in [3.63, 3.8) is 0 Å². The third kappa shape index (κ3) is 4.42. The monoisotopic (exact) mass is 351 g/mol. The molecule has 24 heavy (non-hydrogen) atoms. The number of carbonyl (C=O) groups excluding carboxylic acids is 1. The van der Waals surface area contributed by atoms with Crippen LogP contribution in [0.4, 0.5) is 9.18 Å². The van der Waals surface area contributed by atoms with Crippen molar-refractivity contribution in [1.29, 1.82) is 0 Å². The number of amides is 2. The van der Waals surface area contributed by atoms with Gasteiger partial charge in [-0.2, -0.15) is 11.8 Å². The maximum Gasteiger partial charge on any atom is 0.315 e. The number of urea groups is 1. The predicted molar refractivity (Wildman–Crippen MR) is 96.7 cm³/mol. The molecule has 0 bridgehead atoms. The Labute approximate surface area is 147 Å². The van der Waals surface area contributed by atoms with Crippen LogP contribution < -0.4 is 10.6 Å². The van der Waals surface area contributed by atoms with Gasteiger partial charge in [0.15, 0.2) is 0 Å². The van der Waals surface area contributed by atoms with Gasteiger partial charge in [0, 0.05) is 43.2 Å². The van der Waals surface area contributed by atoms with Crippen molar-refractivity contribution in [3.8, 4) is 0 Å². The molecule has 2 amide bonds. The van der Waals surface area contributed by atoms with Crippen molar-refractivity contribution in [2.24, 2.45) is 0 Å². The number of rotatable bonds is 5. The third-order valence-electron chi connectivity index (χ3n) is 5.16. The molecule has 1 aromatic rings. The zero-order chi connectivity index (χ0) is 16.8. The molecule has 2 fully saturated rings. The molecule has 1 saturated carbocycles. The quantitative estimate of drug-likeness (QED) is 0.857. The van der Waals surface area contributed by atoms with Crippen LogP contribution >= 0.6 is 11.8 Å². The van der Waals surface area contributed by atoms with Crippen LogP contribution in [0.5, 0.6) is 0 Å². The van der Waals surface area contributed by atoms with Gasteiger partial charge in [0.2, 0.25) is 0 Å². The van der Waals surface area contributed by atoms with E-state index in [0.29, 0.717) is 13.1 Å². The summed E-state index contributed by atoms with van der Waals surface area (Å²) in [6.07, 6.45) is 4.86. The standard InChI is InChI=1S/C18H26FN3OS/c19-16-5-3-15(4-6-16)13-20-17(23)21-14-18(7-1-2-8-18)22-9-11-24-12-10-22/h3-6H,1-2,7-14H2,(H2,20,21,23). The largest absolute Gasteiger partial charge is 0.336 e. The van der Waals surface area contributed by atoms with Crippen molar-refractivity contribution in [3.05, 3.63) is 35.6 Å². The molecule has 1 aliphatic carbocycles. The Morgan fingerprint density at radius 2 is 1.79 bits per heavy atom. The highest BCUT2D eigenvalue weighted by molar-refractivity contribution is 7.99. The molecule has 0 radical (unpaired) electrons. The van der Waals surface area contributed by atoms with Gasteiger partial charge in [0.1, 0.15) is 5.82 Å². The van der Waals surface area contributed by atoms with Crippen LogP contribution in [-0.4, -0.2) is 47.6 Å². The highest BCUT2D eigenvalue weighted by Gasteiger charge is 2.40. The van der Waals surface area contributed by atoms with E-state index in [1.807, 2.05) is 11.8 Å². The molecular weight excluding hydrogens is 325 g/mol. The van der Waals surface area contributed by atoms with Crippen molar-refractivity contribution in [2.45, 2.75) is 37.8 Å². The van der Waals surface area contributed by atoms with Crippen LogP contribution in [0.3, 0.4) is 0 Å². The molecule has 0 atom stereocenters. The lowest BCUT2D eigenvalue weighted by molar-refractivity contribution is 0.104. The first-order chi connectivity index (χ1) is 11.7. The molecule has 1 saturated heterocycles. The number of nitrogens with one attached hydrogen (secondary N) is 2. The summed E-state index contributed by atoms with van der Waals surface area (Å²) in [6, 6.07) is 6.07. The highest BCUT2D eigenvalue weighted by atomic mass is 32.2. The van der Waals surface area contributed by atoms with Gasteiger partial charge < -0.3 is 10.6 Å². The summed E-state index contributed by atoms with van der Waals surface area (Å²) in [5.41, 5.74) is 1.05. The third-order valence-corrected chi connectivity index (χ3v) is 6.10. The van der Waals surface area contributed by atoms with E-state index in [9.17, 15) is 9.18 Å². The van der Waals surface area contributed by atoms with Crippen LogP contribution in [0.15, 0.2) is 24.3 Å². The number of benzene rings is 1. The molecule has 3 rings (SSSR count). The summed E-state index contributed by atoms with van der Waals surface area (Å²) in [7, 11) is 0. The van der Waals surface area contributed by atoms with E-state index in [-0.39, 0.29) is 17.4 Å². The van der Waals surface area contributed by atoms with Crippen LogP contribution in [0.25, 0.3) is 0 Å². The molecule has 1 heterocycles. The minimum absolute atomic E-state index is 0.142. The average molecular weight is 351 g/mol. The molecule has 0 unspecified atom stereocenters. The Morgan fingerprint density at radius 3 is 2.46 bits per heavy atom. The fourth-order valence-electron chi connectivity index (χ4n) is 3.77. The lowest BCUT2D eigenvalue weighted by Gasteiger charge is -2.43. The van der Waals surface area contributed by atoms with E-state index < -0.39 is 0 Å². The zero-order valence-corrected chi connectivity index (χ0v) is 14.8. The lowest BCUT2D eigenvalue weighted by Crippen LogP contribution is -2.57. The van der Waals surface area contributed by atoms with Crippen molar-refractivity contribution in [2.75, 3.05) is 31.1 Å². The van der Waals surface area contributed by atoms with Gasteiger partial charge in [-0.1, -0.05) is 25.0 Å². The Morgan fingerprint density at radius 1 is 1.12 bits per heavy atom. The second-order valence-electron chi connectivity index (χ2n) is 6.69. The van der Waals surface area contributed by atoms with E-state index >= 15 is 0 Å². The predicted octanol–water partition coefficient (Wildman–Crippen LogP) is 2.99. The summed E-state index contributed by atoms with van der Waals surface area (Å²) < 4.78 is 12.9. The number of halogens is 1. The second kappa shape index (κ2) is 8.21. The van der Waals surface area contributed by atoms with E-state index in [4.69, 9.17) is 0 Å². The zero-order valence-electron chi connectivity index (χ0n) is 14.0. The van der Waals surface area contributed by atoms with E-state index in [2.05, 4.69) is 15.5 Å². The van der Waals surface area contributed by atoms with E-state index in [1.165, 1.54) is 49.3 Å². The molecule has 0 spiro atoms. The number of nitrogens with zero attached hydrogens (tertiary/aromatic N) is 1. The molecular formula is C18H26FN3OS. The maximum absolute atomic E-state index is 12.9. The summed E-state index contributed by atoms with van der Waals surface area (Å²) in [5, 5.41) is 5.94. The Bertz CT molecular complexity index is 540. The SMILES string of the molecule is O=C(NCc1ccc(F)cc1)NCC1(N2CCSCC2)CCCC1. The Kier molecular flexibility index (Phi) is 6.00. The molecule has 4 nitrogen and oxygen atoms in total. The number of carbonyl (C=O) groups is 1. The van der Waals surface area contributed by atoms with Gasteiger partial charge in [-0.15, -0.1) is 0 Å². The van der Waals surface area contributed by atoms with Gasteiger partial charge in [-0.3, -0.25) is 4.90 Å². The van der Waals surface area contributed by atoms with E-state index in [1.54, 1.807) is 12.1 Å². The number of hydrogen-bond donors (Lipinski definition) is 2. The van der Waals surface area contributed by atoms with Crippen LogP contribution in [0.1, 0.15) is 31.2 Å². The molecule has 1 aromatic carbocycles. The van der Waals surface area contributed by atoms with Crippen LogP contribution in [0.2, 0.25) is 0 Å². The van der Waals surface area contributed by atoms with Gasteiger partial charge in [-0.05, 0) is 30.5 Å². The normalized spacial score (nSPS) is 20.7. The summed E-state index contributed by atoms with van der Waals surface area (Å²) in [5.74, 6) is 2.13. The second-order valence-corrected chi connectivity index (χ2v) is 7.92. The number of thioether (sulfide) groups is 1. The van der Waals surface area contributed by atoms with Crippen molar-refractivity contribution in [1.82, 2.24) is 15.5 Å². The molecule has 0 aromatic heterocycles. The average Bonchev–Trinajstić information content (AvgIpc) is 3.10. The van der Waals surface area contributed by atoms with Crippen molar-refractivity contribution >= 4 is 17.8 Å². The fraction of sp³-hybridized carbons (Fsp3) is 0.611. The Balaban J connectivity index is 1.49. The first-order valence-electron chi connectivity index (χ1n) is 8.77. The molecule has 132 valence electrons. The molecule has 1 aliphatic heterocycles. The van der Waals surface area contributed by atoms with Gasteiger partial charge in [-0.25, -0.2) is 9.18 Å². The molecule has 2 N–H and O–H groups in total. The molecule has 2 aliphatic rings. The lowest BCUT2D eigenvalue weighted by atomic mass is 9.94. The van der Waals surface area contributed by atoms with Crippen LogP contribution in [0, 0.1) is 5.82 Å². The van der Waals surface area contributed by atoms with Crippen molar-refractivity contribution < 1.29 is 9.18 Å². The summed E-state index contributed by atoms with van der Waals surface area (Å²) in [4.78, 5) is 14.7. The summed E-state index contributed by atoms with van der Waals surface area (Å²) in [6.45, 7) is 3.39. The number of hydrogen-bond acceptors (Lipinski definition) is 3. The topological polar surface area (TPSA) is 44.4 Å². The van der Waals surface area contributed by atoms with Crippen LogP contribution in [-0.2, 0) is 6.54 Å². The first kappa shape index (κ1) is 17.5. The van der Waals surface area contributed by atoms with Gasteiger partial charge in [0.05, 0.1) is 0 Å². The fourth-order valence-corrected chi connectivity index (χ4v) is 4.67.